The van der Waals surface area contributed by atoms with E-state index < -0.39 is 23.9 Å². The Morgan fingerprint density at radius 1 is 1.00 bits per heavy atom. The zero-order valence-electron chi connectivity index (χ0n) is 20.9. The van der Waals surface area contributed by atoms with Crippen LogP contribution in [0.1, 0.15) is 11.4 Å². The molecule has 4 aromatic rings. The molecule has 15 heteroatoms. The number of carboxylic acid groups (broad SMARTS) is 1. The van der Waals surface area contributed by atoms with Gasteiger partial charge in [-0.15, -0.1) is 0 Å². The van der Waals surface area contributed by atoms with Crippen LogP contribution in [0.3, 0.4) is 0 Å². The number of rotatable bonds is 3. The molecule has 1 fully saturated rings. The number of pyridine rings is 2. The monoisotopic (exact) mass is 567 g/mol. The summed E-state index contributed by atoms with van der Waals surface area (Å²) in [4.78, 5) is 23.9. The number of aromatic nitrogens is 4. The fraction of sp³-hybridized carbons (Fsp3) is 0.280. The molecule has 1 aliphatic rings. The van der Waals surface area contributed by atoms with Crippen molar-refractivity contribution in [3.63, 3.8) is 0 Å². The van der Waals surface area contributed by atoms with E-state index in [9.17, 15) is 26.3 Å². The number of hydrogen-bond donors (Lipinski definition) is 3. The summed E-state index contributed by atoms with van der Waals surface area (Å²) in [7, 11) is 0. The quantitative estimate of drug-likeness (QED) is 0.311. The molecule has 0 aliphatic carbocycles. The van der Waals surface area contributed by atoms with Crippen molar-refractivity contribution in [3.8, 4) is 16.9 Å². The SMILES string of the molecule is Cc1nc2ccc(-c3ccnc(N)c3)nc2n1-c1ccc(N2CCNCC2)c(C(F)(F)F)c1.O=C(O)C(F)(F)F. The van der Waals surface area contributed by atoms with Crippen molar-refractivity contribution >= 4 is 28.6 Å². The number of carboxylic acids is 1. The van der Waals surface area contributed by atoms with Gasteiger partial charge in [0.15, 0.2) is 5.65 Å². The van der Waals surface area contributed by atoms with E-state index in [-0.39, 0.29) is 5.69 Å². The number of imidazole rings is 1. The topological polar surface area (TPSA) is 122 Å². The predicted octanol–water partition coefficient (Wildman–Crippen LogP) is 4.43. The molecular weight excluding hydrogens is 544 g/mol. The second-order valence-electron chi connectivity index (χ2n) is 8.74. The molecule has 1 aromatic carbocycles. The van der Waals surface area contributed by atoms with E-state index in [1.807, 2.05) is 6.07 Å². The summed E-state index contributed by atoms with van der Waals surface area (Å²) in [5, 5.41) is 10.3. The number of nitrogens with two attached hydrogens (primary N) is 1. The summed E-state index contributed by atoms with van der Waals surface area (Å²) >= 11 is 0. The molecule has 4 heterocycles. The van der Waals surface area contributed by atoms with E-state index in [4.69, 9.17) is 20.6 Å². The number of nitrogens with one attached hydrogen (secondary N) is 1. The highest BCUT2D eigenvalue weighted by molar-refractivity contribution is 5.79. The number of hydrogen-bond acceptors (Lipinski definition) is 7. The number of fused-ring (bicyclic) bond motifs is 1. The van der Waals surface area contributed by atoms with Crippen LogP contribution in [-0.4, -0.2) is 63.0 Å². The van der Waals surface area contributed by atoms with Crippen LogP contribution in [0, 0.1) is 6.92 Å². The van der Waals surface area contributed by atoms with Gasteiger partial charge in [-0.05, 0) is 49.4 Å². The molecule has 1 saturated heterocycles. The van der Waals surface area contributed by atoms with Crippen molar-refractivity contribution in [2.45, 2.75) is 19.3 Å². The van der Waals surface area contributed by atoms with Crippen molar-refractivity contribution in [3.05, 3.63) is 60.0 Å². The van der Waals surface area contributed by atoms with Gasteiger partial charge in [-0.1, -0.05) is 0 Å². The van der Waals surface area contributed by atoms with Crippen LogP contribution in [-0.2, 0) is 11.0 Å². The van der Waals surface area contributed by atoms with Crippen LogP contribution >= 0.6 is 0 Å². The Kier molecular flexibility index (Phi) is 7.86. The number of halogens is 6. The summed E-state index contributed by atoms with van der Waals surface area (Å²) in [5.41, 5.74) is 8.15. The standard InChI is InChI=1S/C23H22F3N7.C2HF3O2/c1-14-30-19-4-3-18(15-6-7-29-21(27)12-15)31-22(19)33(14)16-2-5-20(17(13-16)23(24,25)26)32-10-8-28-9-11-32;3-2(4,5)1(6)7/h2-7,12-13,28H,8-11H2,1H3,(H2,27,29);(H,6,7). The molecule has 3 aromatic heterocycles. The Morgan fingerprint density at radius 2 is 1.68 bits per heavy atom. The largest absolute Gasteiger partial charge is 0.490 e. The molecule has 40 heavy (non-hydrogen) atoms. The maximum Gasteiger partial charge on any atom is 0.490 e. The van der Waals surface area contributed by atoms with Crippen LogP contribution in [0.4, 0.5) is 37.8 Å². The minimum atomic E-state index is -5.08. The van der Waals surface area contributed by atoms with Gasteiger partial charge in [-0.3, -0.25) is 4.57 Å². The Balaban J connectivity index is 0.000000470. The molecule has 0 amide bonds. The molecule has 1 aliphatic heterocycles. The maximum atomic E-state index is 14.1. The number of anilines is 2. The van der Waals surface area contributed by atoms with Gasteiger partial charge in [-0.25, -0.2) is 19.7 Å². The third-order valence-electron chi connectivity index (χ3n) is 5.99. The average molecular weight is 567 g/mol. The first-order valence-corrected chi connectivity index (χ1v) is 11.8. The lowest BCUT2D eigenvalue weighted by Gasteiger charge is -2.31. The van der Waals surface area contributed by atoms with E-state index in [2.05, 4.69) is 15.3 Å². The summed E-state index contributed by atoms with van der Waals surface area (Å²) in [6.45, 7) is 4.10. The van der Waals surface area contributed by atoms with Crippen LogP contribution in [0.25, 0.3) is 28.1 Å². The Labute approximate surface area is 223 Å². The lowest BCUT2D eigenvalue weighted by atomic mass is 10.1. The summed E-state index contributed by atoms with van der Waals surface area (Å²) < 4.78 is 75.6. The minimum Gasteiger partial charge on any atom is -0.475 e. The van der Waals surface area contributed by atoms with Crippen LogP contribution in [0.2, 0.25) is 0 Å². The highest BCUT2D eigenvalue weighted by Gasteiger charge is 2.38. The first-order valence-electron chi connectivity index (χ1n) is 11.8. The predicted molar refractivity (Wildman–Crippen MR) is 135 cm³/mol. The highest BCUT2D eigenvalue weighted by Crippen LogP contribution is 2.39. The van der Waals surface area contributed by atoms with Crippen molar-refractivity contribution < 1.29 is 36.2 Å². The summed E-state index contributed by atoms with van der Waals surface area (Å²) in [5.74, 6) is -1.85. The first-order chi connectivity index (χ1) is 18.8. The fourth-order valence-electron chi connectivity index (χ4n) is 4.22. The van der Waals surface area contributed by atoms with Crippen LogP contribution in [0.15, 0.2) is 48.7 Å². The smallest absolute Gasteiger partial charge is 0.475 e. The lowest BCUT2D eigenvalue weighted by Crippen LogP contribution is -2.44. The minimum absolute atomic E-state index is 0.190. The van der Waals surface area contributed by atoms with E-state index in [1.54, 1.807) is 52.9 Å². The van der Waals surface area contributed by atoms with Crippen molar-refractivity contribution in [2.75, 3.05) is 36.8 Å². The van der Waals surface area contributed by atoms with Gasteiger partial charge in [0.25, 0.3) is 0 Å². The molecule has 0 unspecified atom stereocenters. The van der Waals surface area contributed by atoms with Gasteiger partial charge in [0.1, 0.15) is 17.2 Å². The van der Waals surface area contributed by atoms with E-state index in [1.165, 1.54) is 6.07 Å². The van der Waals surface area contributed by atoms with E-state index >= 15 is 0 Å². The van der Waals surface area contributed by atoms with Crippen LogP contribution < -0.4 is 16.0 Å². The molecule has 5 rings (SSSR count). The molecule has 4 N–H and O–H groups in total. The number of nitrogens with zero attached hydrogens (tertiary/aromatic N) is 5. The second kappa shape index (κ2) is 11.0. The van der Waals surface area contributed by atoms with Gasteiger partial charge in [0.05, 0.1) is 11.3 Å². The molecule has 9 nitrogen and oxygen atoms in total. The van der Waals surface area contributed by atoms with Crippen molar-refractivity contribution in [1.29, 1.82) is 0 Å². The molecule has 0 radical (unpaired) electrons. The summed E-state index contributed by atoms with van der Waals surface area (Å²) in [6.07, 6.45) is -7.99. The number of benzene rings is 1. The van der Waals surface area contributed by atoms with Crippen LogP contribution in [0.5, 0.6) is 0 Å². The Bertz CT molecular complexity index is 1530. The van der Waals surface area contributed by atoms with E-state index in [0.29, 0.717) is 60.4 Å². The zero-order valence-corrected chi connectivity index (χ0v) is 20.9. The second-order valence-corrected chi connectivity index (χ2v) is 8.74. The third kappa shape index (κ3) is 6.25. The zero-order chi connectivity index (χ0) is 29.2. The molecule has 0 saturated carbocycles. The number of piperazine rings is 1. The maximum absolute atomic E-state index is 14.1. The Hall–Kier alpha value is -4.40. The van der Waals surface area contributed by atoms with E-state index in [0.717, 1.165) is 5.56 Å². The average Bonchev–Trinajstić information content (AvgIpc) is 3.23. The van der Waals surface area contributed by atoms with Gasteiger partial charge >= 0.3 is 18.3 Å². The third-order valence-corrected chi connectivity index (χ3v) is 5.99. The van der Waals surface area contributed by atoms with Gasteiger partial charge in [0.2, 0.25) is 0 Å². The molecule has 0 atom stereocenters. The summed E-state index contributed by atoms with van der Waals surface area (Å²) in [6, 6.07) is 11.5. The number of alkyl halides is 6. The number of nitrogen functional groups attached to an aromatic ring is 1. The molecule has 212 valence electrons. The number of carbonyl (C=O) groups is 1. The van der Waals surface area contributed by atoms with Gasteiger partial charge < -0.3 is 21.1 Å². The normalized spacial score (nSPS) is 14.1. The Morgan fingerprint density at radius 3 is 2.27 bits per heavy atom. The first kappa shape index (κ1) is 28.6. The van der Waals surface area contributed by atoms with Crippen molar-refractivity contribution in [2.24, 2.45) is 0 Å². The molecule has 0 spiro atoms. The number of aliphatic carboxylic acids is 1. The highest BCUT2D eigenvalue weighted by atomic mass is 19.4. The fourth-order valence-corrected chi connectivity index (χ4v) is 4.22. The van der Waals surface area contributed by atoms with Crippen molar-refractivity contribution in [1.82, 2.24) is 24.8 Å². The molecule has 0 bridgehead atoms. The van der Waals surface area contributed by atoms with Gasteiger partial charge in [0, 0.05) is 49.3 Å². The lowest BCUT2D eigenvalue weighted by molar-refractivity contribution is -0.192. The molecular formula is C25H23F6N7O2. The van der Waals surface area contributed by atoms with Gasteiger partial charge in [-0.2, -0.15) is 26.3 Å². The number of aryl methyl sites for hydroxylation is 1.